The van der Waals surface area contributed by atoms with Gasteiger partial charge in [0, 0.05) is 25.5 Å². The van der Waals surface area contributed by atoms with E-state index in [-0.39, 0.29) is 19.4 Å². The van der Waals surface area contributed by atoms with Gasteiger partial charge in [0.15, 0.2) is 0 Å². The van der Waals surface area contributed by atoms with Crippen molar-refractivity contribution >= 4 is 44.9 Å². The monoisotopic (exact) mass is 712 g/mol. The van der Waals surface area contributed by atoms with Gasteiger partial charge >= 0.3 is 6.09 Å². The molecular formula is C35H48N6O8S. The highest BCUT2D eigenvalue weighted by Gasteiger charge is 2.63. The van der Waals surface area contributed by atoms with Crippen LogP contribution in [0.2, 0.25) is 0 Å². The molecule has 0 bridgehead atoms. The molecule has 3 N–H and O–H groups in total. The first-order valence-corrected chi connectivity index (χ1v) is 18.9. The summed E-state index contributed by atoms with van der Waals surface area (Å²) in [6, 6.07) is 3.44. The summed E-state index contributed by atoms with van der Waals surface area (Å²) in [7, 11) is -2.08. The molecule has 2 saturated carbocycles. The van der Waals surface area contributed by atoms with Crippen molar-refractivity contribution < 1.29 is 37.1 Å². The molecule has 6 rings (SSSR count). The van der Waals surface area contributed by atoms with Crippen LogP contribution in [0.5, 0.6) is 5.75 Å². The van der Waals surface area contributed by atoms with Crippen LogP contribution in [0.15, 0.2) is 36.7 Å². The van der Waals surface area contributed by atoms with E-state index in [9.17, 15) is 27.6 Å². The number of aryl methyl sites for hydroxylation is 1. The Labute approximate surface area is 292 Å². The van der Waals surface area contributed by atoms with Crippen molar-refractivity contribution in [1.29, 1.82) is 0 Å². The van der Waals surface area contributed by atoms with Gasteiger partial charge in [0.25, 0.3) is 5.91 Å². The van der Waals surface area contributed by atoms with E-state index in [2.05, 4.69) is 20.3 Å². The summed E-state index contributed by atoms with van der Waals surface area (Å²) in [5.41, 5.74) is -0.637. The largest absolute Gasteiger partial charge is 0.488 e. The second-order valence-electron chi connectivity index (χ2n) is 15.4. The number of imidazole rings is 1. The molecule has 2 aliphatic heterocycles. The zero-order chi connectivity index (χ0) is 36.1. The minimum absolute atomic E-state index is 0.0406. The standard InChI is InChI=1S/C35H48N6O8S/c1-33(2,3)49-32(45)37-25-12-10-8-6-7-9-11-22-19-35(22,31(44)39-50(46,47)34(4)15-16-34)38-29(42)28-18-24(20-41(28)30(25)43)48-23-13-14-27-26(17-23)36-21-40(27)5/h9,11,13-14,17,21-22,24-25,28H,6-8,10,12,15-16,18-20H2,1-5H3,(H,37,45)(H,38,42)(H,39,44)/b11-9-/t22-,24-,25+,28+,35-/m1/s1. The molecule has 272 valence electrons. The first-order chi connectivity index (χ1) is 23.5. The van der Waals surface area contributed by atoms with Crippen molar-refractivity contribution in [2.45, 2.75) is 120 Å². The fraction of sp³-hybridized carbons (Fsp3) is 0.629. The van der Waals surface area contributed by atoms with Crippen molar-refractivity contribution in [2.24, 2.45) is 13.0 Å². The zero-order valence-corrected chi connectivity index (χ0v) is 30.2. The highest BCUT2D eigenvalue weighted by molar-refractivity contribution is 7.91. The van der Waals surface area contributed by atoms with Gasteiger partial charge in [-0.1, -0.05) is 25.0 Å². The van der Waals surface area contributed by atoms with Crippen LogP contribution in [0.1, 0.15) is 85.5 Å². The van der Waals surface area contributed by atoms with Gasteiger partial charge in [-0.2, -0.15) is 0 Å². The number of benzene rings is 1. The third-order valence-electron chi connectivity index (χ3n) is 10.2. The molecule has 50 heavy (non-hydrogen) atoms. The predicted molar refractivity (Wildman–Crippen MR) is 184 cm³/mol. The lowest BCUT2D eigenvalue weighted by Crippen LogP contribution is -2.58. The van der Waals surface area contributed by atoms with Crippen LogP contribution >= 0.6 is 0 Å². The maximum Gasteiger partial charge on any atom is 0.408 e. The number of fused-ring (bicyclic) bond motifs is 3. The first kappa shape index (κ1) is 35.7. The number of hydrogen-bond acceptors (Lipinski definition) is 9. The predicted octanol–water partition coefficient (Wildman–Crippen LogP) is 3.21. The van der Waals surface area contributed by atoms with E-state index in [0.29, 0.717) is 37.9 Å². The van der Waals surface area contributed by atoms with E-state index in [0.717, 1.165) is 23.9 Å². The Bertz CT molecular complexity index is 1810. The van der Waals surface area contributed by atoms with Gasteiger partial charge < -0.3 is 29.6 Å². The lowest BCUT2D eigenvalue weighted by Gasteiger charge is -2.30. The topological polar surface area (TPSA) is 178 Å². The smallest absolute Gasteiger partial charge is 0.408 e. The molecule has 4 aliphatic rings. The van der Waals surface area contributed by atoms with E-state index in [1.54, 1.807) is 46.2 Å². The number of hydrogen-bond donors (Lipinski definition) is 3. The third-order valence-corrected chi connectivity index (χ3v) is 12.3. The van der Waals surface area contributed by atoms with Crippen LogP contribution in [0.25, 0.3) is 11.0 Å². The van der Waals surface area contributed by atoms with Crippen LogP contribution in [-0.4, -0.2) is 87.3 Å². The van der Waals surface area contributed by atoms with Gasteiger partial charge in [-0.3, -0.25) is 19.1 Å². The van der Waals surface area contributed by atoms with Crippen LogP contribution in [-0.2, 0) is 36.2 Å². The minimum atomic E-state index is -3.96. The molecule has 5 atom stereocenters. The van der Waals surface area contributed by atoms with Gasteiger partial charge in [0.2, 0.25) is 21.8 Å². The van der Waals surface area contributed by atoms with Crippen molar-refractivity contribution in [3.63, 3.8) is 0 Å². The molecule has 2 aliphatic carbocycles. The van der Waals surface area contributed by atoms with Crippen LogP contribution < -0.4 is 20.1 Å². The average molecular weight is 713 g/mol. The zero-order valence-electron chi connectivity index (χ0n) is 29.4. The second-order valence-corrected chi connectivity index (χ2v) is 17.6. The van der Waals surface area contributed by atoms with Gasteiger partial charge in [-0.15, -0.1) is 0 Å². The molecule has 15 heteroatoms. The summed E-state index contributed by atoms with van der Waals surface area (Å²) in [6.45, 7) is 6.83. The molecule has 4 amide bonds. The summed E-state index contributed by atoms with van der Waals surface area (Å²) in [4.78, 5) is 61.0. The molecule has 3 fully saturated rings. The Hall–Kier alpha value is -4.14. The summed E-state index contributed by atoms with van der Waals surface area (Å²) in [6.07, 6.45) is 8.66. The number of carbonyl (C=O) groups is 4. The van der Waals surface area contributed by atoms with E-state index in [1.165, 1.54) is 4.90 Å². The lowest BCUT2D eigenvalue weighted by atomic mass is 10.0. The Morgan fingerprint density at radius 3 is 2.60 bits per heavy atom. The molecule has 14 nitrogen and oxygen atoms in total. The number of amides is 4. The number of rotatable bonds is 6. The number of aromatic nitrogens is 2. The molecule has 0 spiro atoms. The summed E-state index contributed by atoms with van der Waals surface area (Å²) >= 11 is 0. The Morgan fingerprint density at radius 2 is 1.88 bits per heavy atom. The maximum atomic E-state index is 14.3. The number of allylic oxidation sites excluding steroid dienone is 1. The van der Waals surface area contributed by atoms with Crippen LogP contribution in [0, 0.1) is 5.92 Å². The molecule has 2 aromatic rings. The van der Waals surface area contributed by atoms with Gasteiger partial charge in [-0.05, 0) is 78.4 Å². The van der Waals surface area contributed by atoms with E-state index in [4.69, 9.17) is 9.47 Å². The Kier molecular flexibility index (Phi) is 9.42. The van der Waals surface area contributed by atoms with E-state index in [1.807, 2.05) is 29.8 Å². The summed E-state index contributed by atoms with van der Waals surface area (Å²) < 4.78 is 41.1. The van der Waals surface area contributed by atoms with Gasteiger partial charge in [-0.25, -0.2) is 18.2 Å². The maximum absolute atomic E-state index is 14.3. The average Bonchev–Trinajstić information content (AvgIpc) is 3.85. The fourth-order valence-corrected chi connectivity index (χ4v) is 8.09. The van der Waals surface area contributed by atoms with Crippen molar-refractivity contribution in [3.05, 3.63) is 36.7 Å². The second kappa shape index (κ2) is 13.2. The van der Waals surface area contributed by atoms with Crippen LogP contribution in [0.4, 0.5) is 4.79 Å². The summed E-state index contributed by atoms with van der Waals surface area (Å²) in [5.74, 6) is -1.75. The van der Waals surface area contributed by atoms with Crippen molar-refractivity contribution in [2.75, 3.05) is 6.54 Å². The normalized spacial score (nSPS) is 29.0. The number of nitrogens with zero attached hydrogens (tertiary/aromatic N) is 3. The van der Waals surface area contributed by atoms with Crippen molar-refractivity contribution in [1.82, 2.24) is 29.8 Å². The SMILES string of the molecule is Cn1cnc2cc(O[C@@H]3C[C@H]4C(=O)N[C@]5(C(=O)NS(=O)(=O)C6(C)CC6)C[C@H]5/C=C\CCCCC[C@H](NC(=O)OC(C)(C)C)C(=O)N4C3)ccc21. The van der Waals surface area contributed by atoms with Gasteiger partial charge in [0.05, 0.1) is 28.7 Å². The molecule has 1 aromatic heterocycles. The van der Waals surface area contributed by atoms with E-state index >= 15 is 0 Å². The molecule has 1 aromatic carbocycles. The Balaban J connectivity index is 1.29. The molecule has 1 saturated heterocycles. The molecule has 3 heterocycles. The van der Waals surface area contributed by atoms with E-state index < -0.39 is 73.8 Å². The highest BCUT2D eigenvalue weighted by atomic mass is 32.2. The quantitative estimate of drug-likeness (QED) is 0.380. The molecular weight excluding hydrogens is 664 g/mol. The Morgan fingerprint density at radius 1 is 1.12 bits per heavy atom. The number of carbonyl (C=O) groups excluding carboxylic acids is 4. The number of alkyl carbamates (subject to hydrolysis) is 1. The number of sulfonamides is 1. The fourth-order valence-electron chi connectivity index (χ4n) is 6.78. The minimum Gasteiger partial charge on any atom is -0.488 e. The number of ether oxygens (including phenoxy) is 2. The first-order valence-electron chi connectivity index (χ1n) is 17.4. The van der Waals surface area contributed by atoms with Crippen LogP contribution in [0.3, 0.4) is 0 Å². The third kappa shape index (κ3) is 7.47. The van der Waals surface area contributed by atoms with Crippen molar-refractivity contribution in [3.8, 4) is 5.75 Å². The number of nitrogens with one attached hydrogen (secondary N) is 3. The summed E-state index contributed by atoms with van der Waals surface area (Å²) in [5, 5.41) is 5.62. The molecule has 0 unspecified atom stereocenters. The lowest BCUT2D eigenvalue weighted by molar-refractivity contribution is -0.141. The molecule has 0 radical (unpaired) electrons. The highest BCUT2D eigenvalue weighted by Crippen LogP contribution is 2.47. The van der Waals surface area contributed by atoms with Gasteiger partial charge in [0.1, 0.15) is 35.1 Å².